The summed E-state index contributed by atoms with van der Waals surface area (Å²) in [6.07, 6.45) is 0. The number of hydrogen-bond donors (Lipinski definition) is 4. The number of amidine groups is 1. The number of allylic oxidation sites excluding steroid dienone is 1. The summed E-state index contributed by atoms with van der Waals surface area (Å²) in [6.45, 7) is 1.42. The molecule has 0 unspecified atom stereocenters. The second kappa shape index (κ2) is 7.54. The van der Waals surface area contributed by atoms with Gasteiger partial charge in [0, 0.05) is 0 Å². The molecular weight excluding hydrogens is 328 g/mol. The average Bonchev–Trinajstić information content (AvgIpc) is 2.60. The standard InChI is InChI=1S/C17H17F2N5O/c1-10(24(22)14-9-5-4-8-13(14)19)15(20)17(25)23-16(21)11-6-2-3-7-12(11)18/h2-9H,20,22H2,1H3,(H2,21,23,25)/b15-10-. The van der Waals surface area contributed by atoms with Gasteiger partial charge >= 0.3 is 0 Å². The van der Waals surface area contributed by atoms with Gasteiger partial charge < -0.3 is 11.1 Å². The summed E-state index contributed by atoms with van der Waals surface area (Å²) in [6, 6.07) is 11.2. The van der Waals surface area contributed by atoms with Crippen molar-refractivity contribution in [1.82, 2.24) is 5.32 Å². The molecule has 0 radical (unpaired) electrons. The van der Waals surface area contributed by atoms with Crippen LogP contribution in [-0.4, -0.2) is 11.7 Å². The Morgan fingerprint density at radius 2 is 1.64 bits per heavy atom. The van der Waals surface area contributed by atoms with E-state index < -0.39 is 23.4 Å². The molecule has 2 aromatic rings. The molecule has 0 atom stereocenters. The number of rotatable bonds is 4. The first-order chi connectivity index (χ1) is 11.8. The molecule has 0 aromatic heterocycles. The van der Waals surface area contributed by atoms with Crippen LogP contribution in [-0.2, 0) is 4.79 Å². The molecular formula is C17H17F2N5O. The topological polar surface area (TPSA) is 108 Å². The maximum atomic E-state index is 13.8. The van der Waals surface area contributed by atoms with E-state index in [1.807, 2.05) is 0 Å². The number of carbonyl (C=O) groups excluding carboxylic acids is 1. The monoisotopic (exact) mass is 345 g/mol. The number of nitrogens with one attached hydrogen (secondary N) is 2. The molecule has 0 fully saturated rings. The van der Waals surface area contributed by atoms with E-state index >= 15 is 0 Å². The third-order valence-corrected chi connectivity index (χ3v) is 3.49. The zero-order valence-corrected chi connectivity index (χ0v) is 13.4. The largest absolute Gasteiger partial charge is 0.393 e. The van der Waals surface area contributed by atoms with Crippen LogP contribution in [0.1, 0.15) is 12.5 Å². The van der Waals surface area contributed by atoms with Gasteiger partial charge in [-0.1, -0.05) is 24.3 Å². The molecule has 0 aliphatic heterocycles. The van der Waals surface area contributed by atoms with Crippen molar-refractivity contribution < 1.29 is 13.6 Å². The van der Waals surface area contributed by atoms with Gasteiger partial charge in [0.25, 0.3) is 5.91 Å². The van der Waals surface area contributed by atoms with Gasteiger partial charge in [0.05, 0.1) is 16.9 Å². The number of amides is 1. The summed E-state index contributed by atoms with van der Waals surface area (Å²) in [5, 5.41) is 10.9. The van der Waals surface area contributed by atoms with Gasteiger partial charge in [0.15, 0.2) is 0 Å². The van der Waals surface area contributed by atoms with Crippen molar-refractivity contribution in [3.63, 3.8) is 0 Å². The van der Waals surface area contributed by atoms with Crippen LogP contribution in [0.25, 0.3) is 0 Å². The number of nitrogens with two attached hydrogens (primary N) is 2. The van der Waals surface area contributed by atoms with Crippen LogP contribution in [0.4, 0.5) is 14.5 Å². The SMILES string of the molecule is C/C(=C(/N)C(=O)NC(=N)c1ccccc1F)N(N)c1ccccc1F. The van der Waals surface area contributed by atoms with Gasteiger partial charge in [0.2, 0.25) is 0 Å². The highest BCUT2D eigenvalue weighted by Crippen LogP contribution is 2.20. The smallest absolute Gasteiger partial charge is 0.274 e. The summed E-state index contributed by atoms with van der Waals surface area (Å²) >= 11 is 0. The Kier molecular flexibility index (Phi) is 5.45. The van der Waals surface area contributed by atoms with Crippen molar-refractivity contribution in [3.8, 4) is 0 Å². The number of hydrazine groups is 1. The maximum absolute atomic E-state index is 13.8. The normalized spacial score (nSPS) is 11.5. The first-order valence-electron chi connectivity index (χ1n) is 7.23. The second-order valence-electron chi connectivity index (χ2n) is 5.13. The number of halogens is 2. The van der Waals surface area contributed by atoms with Crippen LogP contribution >= 0.6 is 0 Å². The number of hydrogen-bond acceptors (Lipinski definition) is 5. The summed E-state index contributed by atoms with van der Waals surface area (Å²) in [5.74, 6) is 3.27. The molecule has 0 saturated heterocycles. The van der Waals surface area contributed by atoms with Crippen molar-refractivity contribution in [3.05, 3.63) is 77.1 Å². The molecule has 0 aliphatic carbocycles. The van der Waals surface area contributed by atoms with E-state index in [0.717, 1.165) is 5.01 Å². The lowest BCUT2D eigenvalue weighted by atomic mass is 10.2. The lowest BCUT2D eigenvalue weighted by molar-refractivity contribution is -0.116. The highest BCUT2D eigenvalue weighted by molar-refractivity contribution is 6.11. The summed E-state index contributed by atoms with van der Waals surface area (Å²) in [5.41, 5.74) is 5.44. The van der Waals surface area contributed by atoms with Gasteiger partial charge in [0.1, 0.15) is 23.2 Å². The van der Waals surface area contributed by atoms with Crippen LogP contribution in [0.15, 0.2) is 59.9 Å². The van der Waals surface area contributed by atoms with E-state index in [1.165, 1.54) is 49.4 Å². The van der Waals surface area contributed by atoms with Crippen molar-refractivity contribution in [2.75, 3.05) is 5.01 Å². The molecule has 8 heteroatoms. The van der Waals surface area contributed by atoms with E-state index in [2.05, 4.69) is 5.32 Å². The first-order valence-corrected chi connectivity index (χ1v) is 7.23. The Labute approximate surface area is 143 Å². The van der Waals surface area contributed by atoms with Crippen molar-refractivity contribution in [1.29, 1.82) is 5.41 Å². The molecule has 0 saturated carbocycles. The fourth-order valence-corrected chi connectivity index (χ4v) is 2.03. The number of para-hydroxylation sites is 1. The minimum atomic E-state index is -0.849. The zero-order chi connectivity index (χ0) is 18.6. The van der Waals surface area contributed by atoms with Crippen molar-refractivity contribution in [2.45, 2.75) is 6.92 Å². The molecule has 2 rings (SSSR count). The fourth-order valence-electron chi connectivity index (χ4n) is 2.03. The lowest BCUT2D eigenvalue weighted by Gasteiger charge is -2.21. The van der Waals surface area contributed by atoms with Crippen LogP contribution in [0.5, 0.6) is 0 Å². The van der Waals surface area contributed by atoms with E-state index in [4.69, 9.17) is 17.0 Å². The highest BCUT2D eigenvalue weighted by atomic mass is 19.1. The van der Waals surface area contributed by atoms with Gasteiger partial charge in [-0.3, -0.25) is 15.2 Å². The van der Waals surface area contributed by atoms with Gasteiger partial charge in [-0.15, -0.1) is 0 Å². The highest BCUT2D eigenvalue weighted by Gasteiger charge is 2.18. The zero-order valence-electron chi connectivity index (χ0n) is 13.4. The van der Waals surface area contributed by atoms with Gasteiger partial charge in [-0.25, -0.2) is 14.6 Å². The third kappa shape index (κ3) is 3.99. The first kappa shape index (κ1) is 18.1. The van der Waals surface area contributed by atoms with Crippen molar-refractivity contribution >= 4 is 17.4 Å². The Balaban J connectivity index is 2.20. The summed E-state index contributed by atoms with van der Waals surface area (Å²) in [4.78, 5) is 12.2. The van der Waals surface area contributed by atoms with E-state index in [0.29, 0.717) is 0 Å². The Morgan fingerprint density at radius 3 is 2.24 bits per heavy atom. The van der Waals surface area contributed by atoms with E-state index in [9.17, 15) is 13.6 Å². The number of benzene rings is 2. The Bertz CT molecular complexity index is 850. The van der Waals surface area contributed by atoms with Crippen molar-refractivity contribution in [2.24, 2.45) is 11.6 Å². The van der Waals surface area contributed by atoms with E-state index in [1.54, 1.807) is 6.07 Å². The predicted octanol–water partition coefficient (Wildman–Crippen LogP) is 1.98. The molecule has 0 bridgehead atoms. The van der Waals surface area contributed by atoms with Crippen LogP contribution < -0.4 is 21.9 Å². The number of carbonyl (C=O) groups is 1. The molecule has 1 amide bonds. The number of anilines is 1. The average molecular weight is 345 g/mol. The molecule has 6 N–H and O–H groups in total. The van der Waals surface area contributed by atoms with Gasteiger partial charge in [-0.2, -0.15) is 0 Å². The van der Waals surface area contributed by atoms with Crippen LogP contribution in [0.2, 0.25) is 0 Å². The van der Waals surface area contributed by atoms with Crippen LogP contribution in [0.3, 0.4) is 0 Å². The van der Waals surface area contributed by atoms with Gasteiger partial charge in [-0.05, 0) is 31.2 Å². The molecule has 25 heavy (non-hydrogen) atoms. The molecule has 0 heterocycles. The minimum absolute atomic E-state index is 0.0277. The fraction of sp³-hybridized carbons (Fsp3) is 0.0588. The quantitative estimate of drug-likeness (QED) is 0.223. The number of nitrogens with zero attached hydrogens (tertiary/aromatic N) is 1. The molecule has 130 valence electrons. The molecule has 6 nitrogen and oxygen atoms in total. The third-order valence-electron chi connectivity index (χ3n) is 3.49. The van der Waals surface area contributed by atoms with Crippen LogP contribution in [0, 0.1) is 17.0 Å². The maximum Gasteiger partial charge on any atom is 0.274 e. The minimum Gasteiger partial charge on any atom is -0.393 e. The summed E-state index contributed by atoms with van der Waals surface area (Å²) < 4.78 is 27.4. The molecule has 0 aliphatic rings. The lowest BCUT2D eigenvalue weighted by Crippen LogP contribution is -2.39. The second-order valence-corrected chi connectivity index (χ2v) is 5.13. The molecule has 2 aromatic carbocycles. The molecule has 0 spiro atoms. The predicted molar refractivity (Wildman–Crippen MR) is 91.3 cm³/mol. The summed E-state index contributed by atoms with van der Waals surface area (Å²) in [7, 11) is 0. The van der Waals surface area contributed by atoms with E-state index in [-0.39, 0.29) is 22.6 Å². The Morgan fingerprint density at radius 1 is 1.08 bits per heavy atom. The Hall–Kier alpha value is -3.26.